The van der Waals surface area contributed by atoms with Crippen LogP contribution in [0.4, 0.5) is 0 Å². The fraction of sp³-hybridized carbons (Fsp3) is 0.400. The molecular weight excluding hydrogens is 276 g/mol. The van der Waals surface area contributed by atoms with Crippen molar-refractivity contribution in [3.8, 4) is 11.3 Å². The van der Waals surface area contributed by atoms with Gasteiger partial charge in [-0.1, -0.05) is 23.7 Å². The van der Waals surface area contributed by atoms with Crippen LogP contribution < -0.4 is 0 Å². The van der Waals surface area contributed by atoms with E-state index in [0.29, 0.717) is 19.6 Å². The summed E-state index contributed by atoms with van der Waals surface area (Å²) in [5, 5.41) is 11.1. The summed E-state index contributed by atoms with van der Waals surface area (Å²) in [7, 11) is 0. The predicted molar refractivity (Wildman–Crippen MR) is 75.7 cm³/mol. The van der Waals surface area contributed by atoms with Gasteiger partial charge in [0.25, 0.3) is 0 Å². The average molecular weight is 291 g/mol. The van der Waals surface area contributed by atoms with Crippen molar-refractivity contribution in [1.29, 1.82) is 0 Å². The molecule has 1 aromatic heterocycles. The minimum atomic E-state index is -0.369. The van der Waals surface area contributed by atoms with Gasteiger partial charge in [-0.2, -0.15) is 0 Å². The maximum atomic E-state index is 10.4. The molecule has 1 fully saturated rings. The SMILES string of the molecule is OC1CCOC[C@H]1[C@@H]1c2c(Cl)cccc2-c2cncn21. The van der Waals surface area contributed by atoms with Crippen molar-refractivity contribution < 1.29 is 9.84 Å². The molecule has 1 aromatic carbocycles. The first-order chi connectivity index (χ1) is 9.77. The van der Waals surface area contributed by atoms with Gasteiger partial charge in [0.1, 0.15) is 0 Å². The molecule has 0 radical (unpaired) electrons. The number of fused-ring (bicyclic) bond motifs is 3. The van der Waals surface area contributed by atoms with Crippen molar-refractivity contribution >= 4 is 11.6 Å². The molecule has 2 aliphatic heterocycles. The largest absolute Gasteiger partial charge is 0.393 e. The smallest absolute Gasteiger partial charge is 0.0956 e. The first-order valence-electron chi connectivity index (χ1n) is 6.84. The lowest BCUT2D eigenvalue weighted by Crippen LogP contribution is -2.37. The van der Waals surface area contributed by atoms with Crippen LogP contribution in [0, 0.1) is 5.92 Å². The summed E-state index contributed by atoms with van der Waals surface area (Å²) in [4.78, 5) is 4.24. The van der Waals surface area contributed by atoms with E-state index in [2.05, 4.69) is 15.6 Å². The topological polar surface area (TPSA) is 47.3 Å². The lowest BCUT2D eigenvalue weighted by atomic mass is 9.86. The number of imidazole rings is 1. The van der Waals surface area contributed by atoms with Crippen LogP contribution in [0.15, 0.2) is 30.7 Å². The molecular formula is C15H15ClN2O2. The van der Waals surface area contributed by atoms with Crippen LogP contribution in [-0.4, -0.2) is 34.0 Å². The van der Waals surface area contributed by atoms with Gasteiger partial charge in [0.15, 0.2) is 0 Å². The summed E-state index contributed by atoms with van der Waals surface area (Å²) in [6.45, 7) is 1.17. The molecule has 5 heteroatoms. The van der Waals surface area contributed by atoms with Crippen molar-refractivity contribution in [2.45, 2.75) is 18.6 Å². The molecule has 4 nitrogen and oxygen atoms in total. The first kappa shape index (κ1) is 12.4. The van der Waals surface area contributed by atoms with E-state index in [1.54, 1.807) is 0 Å². The highest BCUT2D eigenvalue weighted by Crippen LogP contribution is 2.47. The quantitative estimate of drug-likeness (QED) is 0.878. The van der Waals surface area contributed by atoms with Crippen molar-refractivity contribution in [2.24, 2.45) is 5.92 Å². The Hall–Kier alpha value is -1.36. The Kier molecular flexibility index (Phi) is 2.84. The molecule has 0 spiro atoms. The Balaban J connectivity index is 1.88. The molecule has 1 N–H and O–H groups in total. The average Bonchev–Trinajstić information content (AvgIpc) is 3.01. The predicted octanol–water partition coefficient (Wildman–Crippen LogP) is 2.50. The number of aromatic nitrogens is 2. The highest BCUT2D eigenvalue weighted by atomic mass is 35.5. The lowest BCUT2D eigenvalue weighted by Gasteiger charge is -2.33. The molecule has 0 saturated carbocycles. The lowest BCUT2D eigenvalue weighted by molar-refractivity contribution is -0.0481. The fourth-order valence-corrected chi connectivity index (χ4v) is 3.69. The normalized spacial score (nSPS) is 28.2. The number of hydrogen-bond donors (Lipinski definition) is 1. The zero-order valence-corrected chi connectivity index (χ0v) is 11.6. The van der Waals surface area contributed by atoms with Crippen molar-refractivity contribution in [3.05, 3.63) is 41.3 Å². The standard InChI is InChI=1S/C15H15ClN2O2/c16-11-3-1-2-9-12-6-17-8-18(12)15(14(9)11)10-7-20-5-4-13(10)19/h1-3,6,8,10,13,15,19H,4-5,7H2/t10-,13?,15-/m1/s1. The van der Waals surface area contributed by atoms with Gasteiger partial charge in [-0.25, -0.2) is 4.98 Å². The molecule has 104 valence electrons. The van der Waals surface area contributed by atoms with Crippen LogP contribution in [0.3, 0.4) is 0 Å². The number of aliphatic hydroxyl groups excluding tert-OH is 1. The summed E-state index contributed by atoms with van der Waals surface area (Å²) in [6, 6.07) is 5.93. The molecule has 3 atom stereocenters. The second-order valence-electron chi connectivity index (χ2n) is 5.43. The molecule has 1 unspecified atom stereocenters. The summed E-state index contributed by atoms with van der Waals surface area (Å²) < 4.78 is 7.68. The van der Waals surface area contributed by atoms with E-state index in [4.69, 9.17) is 16.3 Å². The maximum absolute atomic E-state index is 10.4. The summed E-state index contributed by atoms with van der Waals surface area (Å²) in [5.74, 6) is 0.0119. The molecule has 0 aliphatic carbocycles. The van der Waals surface area contributed by atoms with Gasteiger partial charge < -0.3 is 14.4 Å². The van der Waals surface area contributed by atoms with Gasteiger partial charge in [-0.15, -0.1) is 0 Å². The molecule has 2 aromatic rings. The molecule has 4 rings (SSSR count). The second-order valence-corrected chi connectivity index (χ2v) is 5.83. The third-order valence-corrected chi connectivity index (χ3v) is 4.69. The van der Waals surface area contributed by atoms with E-state index in [1.165, 1.54) is 0 Å². The number of aliphatic hydroxyl groups is 1. The summed E-state index contributed by atoms with van der Waals surface area (Å²) in [6.07, 6.45) is 3.97. The van der Waals surface area contributed by atoms with Crippen molar-refractivity contribution in [2.75, 3.05) is 13.2 Å². The summed E-state index contributed by atoms with van der Waals surface area (Å²) >= 11 is 6.42. The fourth-order valence-electron chi connectivity index (χ4n) is 3.41. The Morgan fingerprint density at radius 3 is 3.15 bits per heavy atom. The minimum absolute atomic E-state index is 0.00602. The number of hydrogen-bond acceptors (Lipinski definition) is 3. The number of rotatable bonds is 1. The van der Waals surface area contributed by atoms with Crippen LogP contribution in [0.1, 0.15) is 18.0 Å². The summed E-state index contributed by atoms with van der Waals surface area (Å²) in [5.41, 5.74) is 3.25. The van der Waals surface area contributed by atoms with Gasteiger partial charge in [0, 0.05) is 28.7 Å². The third kappa shape index (κ3) is 1.65. The molecule has 2 aliphatic rings. The van der Waals surface area contributed by atoms with Crippen LogP contribution in [0.2, 0.25) is 5.02 Å². The van der Waals surface area contributed by atoms with E-state index in [1.807, 2.05) is 24.7 Å². The molecule has 1 saturated heterocycles. The Bertz CT molecular complexity index is 655. The van der Waals surface area contributed by atoms with Crippen LogP contribution in [0.25, 0.3) is 11.3 Å². The van der Waals surface area contributed by atoms with E-state index in [9.17, 15) is 5.11 Å². The second kappa shape index (κ2) is 4.58. The van der Waals surface area contributed by atoms with Gasteiger partial charge in [-0.3, -0.25) is 0 Å². The minimum Gasteiger partial charge on any atom is -0.393 e. The molecule has 0 amide bonds. The number of benzene rings is 1. The number of halogens is 1. The molecule has 20 heavy (non-hydrogen) atoms. The Labute approximate surface area is 122 Å². The first-order valence-corrected chi connectivity index (χ1v) is 7.21. The molecule has 0 bridgehead atoms. The number of ether oxygens (including phenoxy) is 1. The van der Waals surface area contributed by atoms with Crippen LogP contribution in [-0.2, 0) is 4.74 Å². The van der Waals surface area contributed by atoms with E-state index in [0.717, 1.165) is 21.8 Å². The third-order valence-electron chi connectivity index (χ3n) is 4.36. The van der Waals surface area contributed by atoms with Gasteiger partial charge >= 0.3 is 0 Å². The van der Waals surface area contributed by atoms with Gasteiger partial charge in [0.05, 0.1) is 37.0 Å². The van der Waals surface area contributed by atoms with Crippen LogP contribution >= 0.6 is 11.6 Å². The highest BCUT2D eigenvalue weighted by molar-refractivity contribution is 6.32. The van der Waals surface area contributed by atoms with Gasteiger partial charge in [0.2, 0.25) is 0 Å². The number of nitrogens with zero attached hydrogens (tertiary/aromatic N) is 2. The Morgan fingerprint density at radius 2 is 2.30 bits per heavy atom. The monoisotopic (exact) mass is 290 g/mol. The van der Waals surface area contributed by atoms with Crippen molar-refractivity contribution in [3.63, 3.8) is 0 Å². The zero-order valence-electron chi connectivity index (χ0n) is 10.9. The molecule has 3 heterocycles. The van der Waals surface area contributed by atoms with Crippen LogP contribution in [0.5, 0.6) is 0 Å². The highest BCUT2D eigenvalue weighted by Gasteiger charge is 2.40. The Morgan fingerprint density at radius 1 is 1.40 bits per heavy atom. The van der Waals surface area contributed by atoms with E-state index in [-0.39, 0.29) is 18.1 Å². The van der Waals surface area contributed by atoms with Gasteiger partial charge in [-0.05, 0) is 12.5 Å². The van der Waals surface area contributed by atoms with E-state index < -0.39 is 0 Å². The van der Waals surface area contributed by atoms with Crippen molar-refractivity contribution in [1.82, 2.24) is 9.55 Å². The van der Waals surface area contributed by atoms with E-state index >= 15 is 0 Å². The maximum Gasteiger partial charge on any atom is 0.0956 e. The zero-order chi connectivity index (χ0) is 13.7.